The fourth-order valence-corrected chi connectivity index (χ4v) is 2.53. The molecule has 3 N–H and O–H groups in total. The number of amides is 1. The molecule has 2 aromatic carbocycles. The first kappa shape index (κ1) is 15.0. The normalized spacial score (nSPS) is 11.9. The number of primary amides is 1. The minimum atomic E-state index is -0.822. The van der Waals surface area contributed by atoms with Gasteiger partial charge in [-0.2, -0.15) is 0 Å². The van der Waals surface area contributed by atoms with E-state index in [1.165, 1.54) is 0 Å². The third kappa shape index (κ3) is 3.37. The average Bonchev–Trinajstić information content (AvgIpc) is 2.39. The van der Waals surface area contributed by atoms with Crippen molar-refractivity contribution in [2.75, 3.05) is 5.32 Å². The average molecular weight is 330 g/mol. The van der Waals surface area contributed by atoms with Gasteiger partial charge in [0.15, 0.2) is 0 Å². The van der Waals surface area contributed by atoms with E-state index in [1.54, 1.807) is 42.5 Å². The highest BCUT2D eigenvalue weighted by atomic mass is 35.5. The Hall–Kier alpha value is -1.42. The van der Waals surface area contributed by atoms with Crippen LogP contribution in [0.3, 0.4) is 0 Å². The molecule has 0 aliphatic rings. The lowest BCUT2D eigenvalue weighted by molar-refractivity contribution is -0.118. The van der Waals surface area contributed by atoms with Crippen LogP contribution < -0.4 is 11.1 Å². The molecule has 1 atom stereocenters. The van der Waals surface area contributed by atoms with E-state index in [9.17, 15) is 4.79 Å². The quantitative estimate of drug-likeness (QED) is 0.879. The molecule has 0 aliphatic carbocycles. The maximum atomic E-state index is 11.7. The molecule has 0 saturated carbocycles. The van der Waals surface area contributed by atoms with Gasteiger partial charge in [-0.25, -0.2) is 0 Å². The maximum absolute atomic E-state index is 11.7. The van der Waals surface area contributed by atoms with Crippen LogP contribution in [0.2, 0.25) is 15.1 Å². The van der Waals surface area contributed by atoms with E-state index < -0.39 is 11.9 Å². The number of carbonyl (C=O) groups excluding carboxylic acids is 1. The Morgan fingerprint density at radius 1 is 1.00 bits per heavy atom. The Bertz CT molecular complexity index is 609. The molecule has 1 amide bonds. The first-order valence-electron chi connectivity index (χ1n) is 5.74. The standard InChI is InChI=1S/C14H11Cl3N2O/c15-8-4-6-9(7-5-8)19-13(14(18)20)12-10(16)2-1-3-11(12)17/h1-7,13,19H,(H2,18,20)/t13-/m1/s1. The number of benzene rings is 2. The zero-order valence-corrected chi connectivity index (χ0v) is 12.5. The molecule has 0 radical (unpaired) electrons. The number of rotatable bonds is 4. The second-order valence-electron chi connectivity index (χ2n) is 4.12. The van der Waals surface area contributed by atoms with Gasteiger partial charge in [0.05, 0.1) is 0 Å². The number of nitrogens with two attached hydrogens (primary N) is 1. The molecule has 0 saturated heterocycles. The summed E-state index contributed by atoms with van der Waals surface area (Å²) < 4.78 is 0. The monoisotopic (exact) mass is 328 g/mol. The summed E-state index contributed by atoms with van der Waals surface area (Å²) in [5, 5.41) is 4.36. The summed E-state index contributed by atoms with van der Waals surface area (Å²) in [4.78, 5) is 11.7. The summed E-state index contributed by atoms with van der Waals surface area (Å²) in [5.74, 6) is -0.574. The van der Waals surface area contributed by atoms with Crippen molar-refractivity contribution in [3.8, 4) is 0 Å². The molecule has 0 aromatic heterocycles. The lowest BCUT2D eigenvalue weighted by Crippen LogP contribution is -2.28. The van der Waals surface area contributed by atoms with E-state index in [-0.39, 0.29) is 0 Å². The van der Waals surface area contributed by atoms with Crippen molar-refractivity contribution in [3.05, 3.63) is 63.1 Å². The van der Waals surface area contributed by atoms with E-state index in [0.29, 0.717) is 26.3 Å². The highest BCUT2D eigenvalue weighted by Gasteiger charge is 2.23. The number of anilines is 1. The maximum Gasteiger partial charge on any atom is 0.244 e. The Morgan fingerprint density at radius 2 is 1.55 bits per heavy atom. The molecule has 104 valence electrons. The van der Waals surface area contributed by atoms with Crippen molar-refractivity contribution < 1.29 is 4.79 Å². The minimum absolute atomic E-state index is 0.378. The molecule has 0 heterocycles. The van der Waals surface area contributed by atoms with Crippen molar-refractivity contribution >= 4 is 46.4 Å². The molecule has 2 rings (SSSR count). The summed E-state index contributed by atoms with van der Waals surface area (Å²) in [6.07, 6.45) is 0. The van der Waals surface area contributed by atoms with Crippen LogP contribution in [0.15, 0.2) is 42.5 Å². The molecule has 0 aliphatic heterocycles. The van der Waals surface area contributed by atoms with Crippen molar-refractivity contribution in [3.63, 3.8) is 0 Å². The highest BCUT2D eigenvalue weighted by Crippen LogP contribution is 2.32. The Morgan fingerprint density at radius 3 is 2.05 bits per heavy atom. The molecule has 0 spiro atoms. The summed E-state index contributed by atoms with van der Waals surface area (Å²) >= 11 is 18.0. The van der Waals surface area contributed by atoms with Crippen LogP contribution in [-0.4, -0.2) is 5.91 Å². The van der Waals surface area contributed by atoms with Gasteiger partial charge in [0.25, 0.3) is 0 Å². The lowest BCUT2D eigenvalue weighted by atomic mass is 10.1. The molecular formula is C14H11Cl3N2O. The van der Waals surface area contributed by atoms with Gasteiger partial charge in [-0.3, -0.25) is 4.79 Å². The van der Waals surface area contributed by atoms with Gasteiger partial charge in [-0.1, -0.05) is 40.9 Å². The van der Waals surface area contributed by atoms with E-state index in [2.05, 4.69) is 5.32 Å². The Balaban J connectivity index is 2.37. The highest BCUT2D eigenvalue weighted by molar-refractivity contribution is 6.36. The van der Waals surface area contributed by atoms with Gasteiger partial charge in [-0.05, 0) is 36.4 Å². The minimum Gasteiger partial charge on any atom is -0.370 e. The number of carbonyl (C=O) groups is 1. The third-order valence-corrected chi connectivity index (χ3v) is 3.64. The molecule has 0 fully saturated rings. The van der Waals surface area contributed by atoms with Gasteiger partial charge in [0.1, 0.15) is 6.04 Å². The summed E-state index contributed by atoms with van der Waals surface area (Å²) in [6, 6.07) is 11.1. The van der Waals surface area contributed by atoms with Crippen LogP contribution in [0.5, 0.6) is 0 Å². The second-order valence-corrected chi connectivity index (χ2v) is 5.37. The Labute approximate surface area is 131 Å². The van der Waals surface area contributed by atoms with Crippen molar-refractivity contribution in [2.24, 2.45) is 5.73 Å². The fraction of sp³-hybridized carbons (Fsp3) is 0.0714. The molecule has 0 bridgehead atoms. The third-order valence-electron chi connectivity index (χ3n) is 2.73. The molecule has 0 unspecified atom stereocenters. The largest absolute Gasteiger partial charge is 0.370 e. The number of halogens is 3. The zero-order chi connectivity index (χ0) is 14.7. The first-order chi connectivity index (χ1) is 9.49. The van der Waals surface area contributed by atoms with Crippen LogP contribution in [-0.2, 0) is 4.79 Å². The van der Waals surface area contributed by atoms with Crippen molar-refractivity contribution in [1.29, 1.82) is 0 Å². The van der Waals surface area contributed by atoms with Crippen LogP contribution >= 0.6 is 34.8 Å². The van der Waals surface area contributed by atoms with E-state index >= 15 is 0 Å². The summed E-state index contributed by atoms with van der Waals surface area (Å²) in [6.45, 7) is 0. The van der Waals surface area contributed by atoms with Gasteiger partial charge in [0, 0.05) is 26.3 Å². The molecule has 3 nitrogen and oxygen atoms in total. The van der Waals surface area contributed by atoms with E-state index in [4.69, 9.17) is 40.5 Å². The van der Waals surface area contributed by atoms with Gasteiger partial charge < -0.3 is 11.1 Å². The second kappa shape index (κ2) is 6.35. The first-order valence-corrected chi connectivity index (χ1v) is 6.88. The van der Waals surface area contributed by atoms with Gasteiger partial charge >= 0.3 is 0 Å². The van der Waals surface area contributed by atoms with Crippen molar-refractivity contribution in [1.82, 2.24) is 0 Å². The topological polar surface area (TPSA) is 55.1 Å². The molecule has 6 heteroatoms. The fourth-order valence-electron chi connectivity index (χ4n) is 1.78. The molecule has 20 heavy (non-hydrogen) atoms. The van der Waals surface area contributed by atoms with Crippen LogP contribution in [0.25, 0.3) is 0 Å². The number of hydrogen-bond acceptors (Lipinski definition) is 2. The molecule has 2 aromatic rings. The number of nitrogens with one attached hydrogen (secondary N) is 1. The van der Waals surface area contributed by atoms with E-state index in [1.807, 2.05) is 0 Å². The van der Waals surface area contributed by atoms with Gasteiger partial charge in [-0.15, -0.1) is 0 Å². The van der Waals surface area contributed by atoms with Gasteiger partial charge in [0.2, 0.25) is 5.91 Å². The van der Waals surface area contributed by atoms with E-state index in [0.717, 1.165) is 0 Å². The van der Waals surface area contributed by atoms with Crippen LogP contribution in [0, 0.1) is 0 Å². The molecular weight excluding hydrogens is 319 g/mol. The zero-order valence-electron chi connectivity index (χ0n) is 10.2. The predicted molar refractivity (Wildman–Crippen MR) is 83.5 cm³/mol. The van der Waals surface area contributed by atoms with Crippen LogP contribution in [0.4, 0.5) is 5.69 Å². The summed E-state index contributed by atoms with van der Waals surface area (Å²) in [5.41, 5.74) is 6.59. The number of hydrogen-bond donors (Lipinski definition) is 2. The smallest absolute Gasteiger partial charge is 0.244 e. The van der Waals surface area contributed by atoms with Crippen molar-refractivity contribution in [2.45, 2.75) is 6.04 Å². The SMILES string of the molecule is NC(=O)[C@H](Nc1ccc(Cl)cc1)c1c(Cl)cccc1Cl. The summed E-state index contributed by atoms with van der Waals surface area (Å²) in [7, 11) is 0. The Kier molecular flexibility index (Phi) is 4.76. The predicted octanol–water partition coefficient (Wildman–Crippen LogP) is 4.29. The van der Waals surface area contributed by atoms with Crippen LogP contribution in [0.1, 0.15) is 11.6 Å². The lowest BCUT2D eigenvalue weighted by Gasteiger charge is -2.19.